The van der Waals surface area contributed by atoms with Gasteiger partial charge in [-0.25, -0.2) is 9.18 Å². The lowest BCUT2D eigenvalue weighted by atomic mass is 10.1. The Morgan fingerprint density at radius 1 is 1.30 bits per heavy atom. The van der Waals surface area contributed by atoms with Gasteiger partial charge >= 0.3 is 12.0 Å². The molecule has 0 spiro atoms. The molecule has 0 heterocycles. The van der Waals surface area contributed by atoms with Gasteiger partial charge in [0.05, 0.1) is 5.92 Å². The van der Waals surface area contributed by atoms with Crippen LogP contribution in [0.25, 0.3) is 0 Å². The van der Waals surface area contributed by atoms with Gasteiger partial charge in [-0.2, -0.15) is 0 Å². The van der Waals surface area contributed by atoms with E-state index < -0.39 is 23.7 Å². The fourth-order valence-corrected chi connectivity index (χ4v) is 2.54. The minimum atomic E-state index is -0.841. The number of nitrogens with one attached hydrogen (secondary N) is 2. The monoisotopic (exact) mass is 300 g/mol. The van der Waals surface area contributed by atoms with Crippen LogP contribution in [-0.2, 0) is 4.79 Å². The van der Waals surface area contributed by atoms with Gasteiger partial charge in [-0.1, -0.05) is 11.6 Å². The Bertz CT molecular complexity index is 518. The first-order valence-electron chi connectivity index (χ1n) is 6.20. The van der Waals surface area contributed by atoms with Crippen molar-refractivity contribution in [1.29, 1.82) is 0 Å². The Morgan fingerprint density at radius 3 is 2.65 bits per heavy atom. The van der Waals surface area contributed by atoms with E-state index >= 15 is 0 Å². The van der Waals surface area contributed by atoms with E-state index in [2.05, 4.69) is 10.6 Å². The third-order valence-corrected chi connectivity index (χ3v) is 3.46. The number of carbonyl (C=O) groups is 2. The lowest BCUT2D eigenvalue weighted by Gasteiger charge is -2.13. The molecule has 0 saturated heterocycles. The number of carbonyl (C=O) groups excluding carboxylic acids is 1. The van der Waals surface area contributed by atoms with Crippen molar-refractivity contribution in [3.8, 4) is 0 Å². The lowest BCUT2D eigenvalue weighted by molar-refractivity contribution is -0.141. The van der Waals surface area contributed by atoms with E-state index in [1.54, 1.807) is 0 Å². The van der Waals surface area contributed by atoms with Crippen LogP contribution in [0.4, 0.5) is 14.9 Å². The van der Waals surface area contributed by atoms with Crippen LogP contribution in [0, 0.1) is 11.7 Å². The minimum Gasteiger partial charge on any atom is -0.481 e. The van der Waals surface area contributed by atoms with Crippen molar-refractivity contribution in [3.63, 3.8) is 0 Å². The molecule has 0 aromatic heterocycles. The second-order valence-corrected chi connectivity index (χ2v) is 5.24. The molecule has 1 saturated carbocycles. The zero-order chi connectivity index (χ0) is 14.7. The molecule has 2 amide bonds. The Balaban J connectivity index is 1.88. The number of aliphatic carboxylic acids is 1. The van der Waals surface area contributed by atoms with Crippen LogP contribution in [-0.4, -0.2) is 23.1 Å². The van der Waals surface area contributed by atoms with Crippen LogP contribution in [0.3, 0.4) is 0 Å². The quantitative estimate of drug-likeness (QED) is 0.803. The summed E-state index contributed by atoms with van der Waals surface area (Å²) in [6.07, 6.45) is 1.58. The molecule has 2 atom stereocenters. The van der Waals surface area contributed by atoms with E-state index in [4.69, 9.17) is 16.7 Å². The van der Waals surface area contributed by atoms with Crippen molar-refractivity contribution in [2.75, 3.05) is 5.32 Å². The molecular formula is C13H14ClFN2O3. The van der Waals surface area contributed by atoms with Gasteiger partial charge in [0.15, 0.2) is 0 Å². The number of benzene rings is 1. The Hall–Kier alpha value is -1.82. The van der Waals surface area contributed by atoms with E-state index in [9.17, 15) is 14.0 Å². The number of hydrogen-bond acceptors (Lipinski definition) is 2. The number of amides is 2. The second-order valence-electron chi connectivity index (χ2n) is 4.80. The number of urea groups is 1. The number of hydrogen-bond donors (Lipinski definition) is 3. The van der Waals surface area contributed by atoms with Crippen molar-refractivity contribution in [2.45, 2.75) is 25.3 Å². The number of carboxylic acids is 1. The molecule has 1 fully saturated rings. The van der Waals surface area contributed by atoms with Crippen LogP contribution >= 0.6 is 11.6 Å². The molecule has 2 rings (SSSR count). The summed E-state index contributed by atoms with van der Waals surface area (Å²) in [6, 6.07) is 3.04. The van der Waals surface area contributed by atoms with Crippen LogP contribution in [0.1, 0.15) is 19.3 Å². The second kappa shape index (κ2) is 6.09. The molecule has 3 N–H and O–H groups in total. The van der Waals surface area contributed by atoms with Gasteiger partial charge in [0.2, 0.25) is 0 Å². The van der Waals surface area contributed by atoms with Crippen LogP contribution in [0.2, 0.25) is 5.02 Å². The van der Waals surface area contributed by atoms with Gasteiger partial charge in [-0.3, -0.25) is 4.79 Å². The average Bonchev–Trinajstić information content (AvgIpc) is 2.75. The van der Waals surface area contributed by atoms with Crippen LogP contribution in [0.15, 0.2) is 18.2 Å². The zero-order valence-corrected chi connectivity index (χ0v) is 11.3. The molecule has 1 aromatic rings. The van der Waals surface area contributed by atoms with E-state index in [1.807, 2.05) is 0 Å². The molecule has 0 unspecified atom stereocenters. The largest absolute Gasteiger partial charge is 0.481 e. The molecule has 1 aromatic carbocycles. The Morgan fingerprint density at radius 2 is 2.05 bits per heavy atom. The minimum absolute atomic E-state index is 0.180. The topological polar surface area (TPSA) is 78.4 Å². The first kappa shape index (κ1) is 14.6. The van der Waals surface area contributed by atoms with Crippen molar-refractivity contribution in [3.05, 3.63) is 29.0 Å². The predicted molar refractivity (Wildman–Crippen MR) is 72.3 cm³/mol. The summed E-state index contributed by atoms with van der Waals surface area (Å²) >= 11 is 5.68. The van der Waals surface area contributed by atoms with Crippen LogP contribution < -0.4 is 10.6 Å². The SMILES string of the molecule is O=C(Nc1cc(F)cc(Cl)c1)N[C@H]1CC[C@@H](C(=O)O)C1. The number of carboxylic acid groups (broad SMARTS) is 1. The summed E-state index contributed by atoms with van der Waals surface area (Å²) in [7, 11) is 0. The predicted octanol–water partition coefficient (Wildman–Crippen LogP) is 2.85. The highest BCUT2D eigenvalue weighted by Crippen LogP contribution is 2.25. The number of anilines is 1. The molecule has 0 radical (unpaired) electrons. The molecular weight excluding hydrogens is 287 g/mol. The highest BCUT2D eigenvalue weighted by molar-refractivity contribution is 6.30. The maximum absolute atomic E-state index is 13.1. The summed E-state index contributed by atoms with van der Waals surface area (Å²) < 4.78 is 13.1. The zero-order valence-electron chi connectivity index (χ0n) is 10.5. The molecule has 20 heavy (non-hydrogen) atoms. The van der Waals surface area contributed by atoms with Gasteiger partial charge in [-0.05, 0) is 37.5 Å². The van der Waals surface area contributed by atoms with Gasteiger partial charge in [0, 0.05) is 16.8 Å². The van der Waals surface area contributed by atoms with Crippen molar-refractivity contribution in [1.82, 2.24) is 5.32 Å². The van der Waals surface area contributed by atoms with E-state index in [-0.39, 0.29) is 16.8 Å². The molecule has 0 aliphatic heterocycles. The fraction of sp³-hybridized carbons (Fsp3) is 0.385. The number of halogens is 2. The first-order valence-corrected chi connectivity index (χ1v) is 6.58. The van der Waals surface area contributed by atoms with E-state index in [0.29, 0.717) is 19.3 Å². The fourth-order valence-electron chi connectivity index (χ4n) is 2.32. The molecule has 108 valence electrons. The highest BCUT2D eigenvalue weighted by Gasteiger charge is 2.30. The summed E-state index contributed by atoms with van der Waals surface area (Å²) in [5, 5.41) is 14.2. The van der Waals surface area contributed by atoms with E-state index in [0.717, 1.165) is 12.1 Å². The maximum atomic E-state index is 13.1. The Kier molecular flexibility index (Phi) is 4.44. The van der Waals surface area contributed by atoms with Crippen molar-refractivity contribution < 1.29 is 19.1 Å². The molecule has 1 aliphatic carbocycles. The van der Waals surface area contributed by atoms with Gasteiger partial charge < -0.3 is 15.7 Å². The van der Waals surface area contributed by atoms with Gasteiger partial charge in [0.1, 0.15) is 5.82 Å². The van der Waals surface area contributed by atoms with Crippen molar-refractivity contribution >= 4 is 29.3 Å². The van der Waals surface area contributed by atoms with E-state index in [1.165, 1.54) is 6.07 Å². The standard InChI is InChI=1S/C13H14ClFN2O3/c14-8-4-9(15)6-11(5-8)17-13(20)16-10-2-1-7(3-10)12(18)19/h4-7,10H,1-3H2,(H,18,19)(H2,16,17,20)/t7-,10+/m1/s1. The maximum Gasteiger partial charge on any atom is 0.319 e. The third kappa shape index (κ3) is 3.84. The summed E-state index contributed by atoms with van der Waals surface area (Å²) in [5.41, 5.74) is 0.250. The molecule has 0 bridgehead atoms. The van der Waals surface area contributed by atoms with Crippen molar-refractivity contribution in [2.24, 2.45) is 5.92 Å². The van der Waals surface area contributed by atoms with Gasteiger partial charge in [0.25, 0.3) is 0 Å². The Labute approximate surface area is 120 Å². The normalized spacial score (nSPS) is 21.5. The molecule has 1 aliphatic rings. The summed E-state index contributed by atoms with van der Waals surface area (Å²) in [6.45, 7) is 0. The molecule has 5 nitrogen and oxygen atoms in total. The summed E-state index contributed by atoms with van der Waals surface area (Å²) in [5.74, 6) is -1.80. The van der Waals surface area contributed by atoms with Gasteiger partial charge in [-0.15, -0.1) is 0 Å². The smallest absolute Gasteiger partial charge is 0.319 e. The number of rotatable bonds is 3. The summed E-state index contributed by atoms with van der Waals surface area (Å²) in [4.78, 5) is 22.5. The third-order valence-electron chi connectivity index (χ3n) is 3.24. The average molecular weight is 301 g/mol. The highest BCUT2D eigenvalue weighted by atomic mass is 35.5. The first-order chi connectivity index (χ1) is 9.44. The lowest BCUT2D eigenvalue weighted by Crippen LogP contribution is -2.36. The van der Waals surface area contributed by atoms with Crippen LogP contribution in [0.5, 0.6) is 0 Å². The molecule has 7 heteroatoms.